The van der Waals surface area contributed by atoms with E-state index in [4.69, 9.17) is 9.84 Å². The molecular weight excluding hydrogens is 274 g/mol. The van der Waals surface area contributed by atoms with Gasteiger partial charge in [-0.15, -0.1) is 6.58 Å². The van der Waals surface area contributed by atoms with Gasteiger partial charge in [0.1, 0.15) is 5.69 Å². The third kappa shape index (κ3) is 5.03. The zero-order chi connectivity index (χ0) is 16.0. The van der Waals surface area contributed by atoms with Crippen molar-refractivity contribution in [2.75, 3.05) is 13.2 Å². The molecule has 1 unspecified atom stereocenters. The topological polar surface area (TPSA) is 104 Å². The van der Waals surface area contributed by atoms with E-state index in [0.29, 0.717) is 0 Å². The van der Waals surface area contributed by atoms with Crippen LogP contribution in [0.15, 0.2) is 18.7 Å². The molecule has 0 bridgehead atoms. The van der Waals surface area contributed by atoms with Crippen LogP contribution in [0.3, 0.4) is 0 Å². The number of aliphatic carboxylic acids is 1. The van der Waals surface area contributed by atoms with Crippen LogP contribution in [0.4, 0.5) is 0 Å². The van der Waals surface area contributed by atoms with E-state index in [-0.39, 0.29) is 24.3 Å². The molecule has 0 saturated carbocycles. The van der Waals surface area contributed by atoms with Gasteiger partial charge in [-0.05, 0) is 6.07 Å². The maximum absolute atomic E-state index is 12.0. The summed E-state index contributed by atoms with van der Waals surface area (Å²) in [5.41, 5.74) is 0.766. The largest absolute Gasteiger partial charge is 0.480 e. The van der Waals surface area contributed by atoms with Gasteiger partial charge in [-0.3, -0.25) is 9.89 Å². The number of carbonyl (C=O) groups excluding carboxylic acids is 1. The zero-order valence-corrected chi connectivity index (χ0v) is 12.5. The summed E-state index contributed by atoms with van der Waals surface area (Å²) in [4.78, 5) is 23.1. The van der Waals surface area contributed by atoms with Crippen molar-refractivity contribution in [3.63, 3.8) is 0 Å². The standard InChI is InChI=1S/C14H21N3O4/c1-5-6-21-8-10(13(19)20)15-12(18)9-7-11(17-16-9)14(2,3)4/h5,7,10H,1,6,8H2,2-4H3,(H,15,18)(H,16,17)(H,19,20). The average Bonchev–Trinajstić information content (AvgIpc) is 2.86. The zero-order valence-electron chi connectivity index (χ0n) is 12.5. The van der Waals surface area contributed by atoms with Crippen LogP contribution < -0.4 is 5.32 Å². The third-order valence-electron chi connectivity index (χ3n) is 2.74. The first-order valence-electron chi connectivity index (χ1n) is 6.54. The van der Waals surface area contributed by atoms with Crippen molar-refractivity contribution in [2.24, 2.45) is 0 Å². The van der Waals surface area contributed by atoms with Crippen LogP contribution in [-0.4, -0.2) is 46.4 Å². The number of ether oxygens (including phenoxy) is 1. The van der Waals surface area contributed by atoms with Crippen LogP contribution in [0.2, 0.25) is 0 Å². The van der Waals surface area contributed by atoms with Gasteiger partial charge < -0.3 is 15.2 Å². The van der Waals surface area contributed by atoms with Crippen molar-refractivity contribution in [3.05, 3.63) is 30.1 Å². The predicted octanol–water partition coefficient (Wildman–Crippen LogP) is 1.09. The maximum atomic E-state index is 12.0. The molecule has 0 spiro atoms. The molecule has 1 amide bonds. The lowest BCUT2D eigenvalue weighted by atomic mass is 9.92. The van der Waals surface area contributed by atoms with Crippen LogP contribution >= 0.6 is 0 Å². The summed E-state index contributed by atoms with van der Waals surface area (Å²) in [6, 6.07) is 0.478. The molecule has 0 radical (unpaired) electrons. The second kappa shape index (κ2) is 7.03. The number of carboxylic acid groups (broad SMARTS) is 1. The average molecular weight is 295 g/mol. The Bertz CT molecular complexity index is 517. The number of carbonyl (C=O) groups is 2. The molecule has 0 aliphatic carbocycles. The second-order valence-corrected chi connectivity index (χ2v) is 5.61. The molecule has 116 valence electrons. The highest BCUT2D eigenvalue weighted by Gasteiger charge is 2.24. The number of nitrogens with one attached hydrogen (secondary N) is 2. The van der Waals surface area contributed by atoms with Gasteiger partial charge in [-0.25, -0.2) is 4.79 Å². The Kier molecular flexibility index (Phi) is 5.66. The van der Waals surface area contributed by atoms with Gasteiger partial charge in [0.05, 0.1) is 13.2 Å². The Morgan fingerprint density at radius 3 is 2.71 bits per heavy atom. The highest BCUT2D eigenvalue weighted by atomic mass is 16.5. The predicted molar refractivity (Wildman–Crippen MR) is 77.2 cm³/mol. The first-order chi connectivity index (χ1) is 9.75. The number of amides is 1. The number of aromatic nitrogens is 2. The molecule has 3 N–H and O–H groups in total. The monoisotopic (exact) mass is 295 g/mol. The molecule has 7 nitrogen and oxygen atoms in total. The lowest BCUT2D eigenvalue weighted by molar-refractivity contribution is -0.140. The van der Waals surface area contributed by atoms with Gasteiger partial charge in [0.25, 0.3) is 5.91 Å². The number of carboxylic acids is 1. The fourth-order valence-corrected chi connectivity index (χ4v) is 1.50. The number of aromatic amines is 1. The van der Waals surface area contributed by atoms with E-state index in [1.807, 2.05) is 20.8 Å². The van der Waals surface area contributed by atoms with Gasteiger partial charge in [-0.2, -0.15) is 5.10 Å². The molecule has 0 aromatic carbocycles. The Labute approximate surface area is 123 Å². The SMILES string of the molecule is C=CCOCC(NC(=O)c1cc(C(C)(C)C)[nH]n1)C(=O)O. The Hall–Kier alpha value is -2.15. The summed E-state index contributed by atoms with van der Waals surface area (Å²) < 4.78 is 5.06. The van der Waals surface area contributed by atoms with E-state index in [0.717, 1.165) is 5.69 Å². The molecule has 7 heteroatoms. The van der Waals surface area contributed by atoms with Gasteiger partial charge >= 0.3 is 5.97 Å². The highest BCUT2D eigenvalue weighted by Crippen LogP contribution is 2.20. The van der Waals surface area contributed by atoms with E-state index in [1.165, 1.54) is 6.08 Å². The Balaban J connectivity index is 2.71. The number of hydrogen-bond donors (Lipinski definition) is 3. The smallest absolute Gasteiger partial charge is 0.328 e. The first kappa shape index (κ1) is 16.9. The number of rotatable bonds is 7. The highest BCUT2D eigenvalue weighted by molar-refractivity contribution is 5.95. The number of H-pyrrole nitrogens is 1. The number of hydrogen-bond acceptors (Lipinski definition) is 4. The van der Waals surface area contributed by atoms with Crippen molar-refractivity contribution in [2.45, 2.75) is 32.2 Å². The second-order valence-electron chi connectivity index (χ2n) is 5.61. The van der Waals surface area contributed by atoms with Crippen molar-refractivity contribution >= 4 is 11.9 Å². The van der Waals surface area contributed by atoms with E-state index in [2.05, 4.69) is 22.1 Å². The molecule has 1 rings (SSSR count). The summed E-state index contributed by atoms with van der Waals surface area (Å²) in [5.74, 6) is -1.73. The van der Waals surface area contributed by atoms with Crippen molar-refractivity contribution in [1.29, 1.82) is 0 Å². The molecule has 0 aliphatic heterocycles. The van der Waals surface area contributed by atoms with E-state index < -0.39 is 17.9 Å². The molecular formula is C14H21N3O4. The maximum Gasteiger partial charge on any atom is 0.328 e. The van der Waals surface area contributed by atoms with Gasteiger partial charge in [0.15, 0.2) is 6.04 Å². The van der Waals surface area contributed by atoms with Crippen LogP contribution in [-0.2, 0) is 14.9 Å². The Morgan fingerprint density at radius 1 is 1.57 bits per heavy atom. The van der Waals surface area contributed by atoms with E-state index >= 15 is 0 Å². The minimum atomic E-state index is -1.17. The fraction of sp³-hybridized carbons (Fsp3) is 0.500. The minimum absolute atomic E-state index is 0.135. The number of nitrogens with zero attached hydrogens (tertiary/aromatic N) is 1. The summed E-state index contributed by atoms with van der Waals surface area (Å²) in [5, 5.41) is 18.1. The van der Waals surface area contributed by atoms with Crippen LogP contribution in [0.1, 0.15) is 37.0 Å². The van der Waals surface area contributed by atoms with Crippen molar-refractivity contribution in [3.8, 4) is 0 Å². The molecule has 1 heterocycles. The molecule has 0 saturated heterocycles. The lowest BCUT2D eigenvalue weighted by Gasteiger charge is -2.15. The molecule has 1 atom stereocenters. The van der Waals surface area contributed by atoms with Gasteiger partial charge in [-0.1, -0.05) is 26.8 Å². The fourth-order valence-electron chi connectivity index (χ4n) is 1.50. The van der Waals surface area contributed by atoms with Crippen molar-refractivity contribution < 1.29 is 19.4 Å². The van der Waals surface area contributed by atoms with Gasteiger partial charge in [0, 0.05) is 11.1 Å². The quantitative estimate of drug-likeness (QED) is 0.516. The minimum Gasteiger partial charge on any atom is -0.480 e. The molecule has 1 aromatic rings. The summed E-state index contributed by atoms with van der Waals surface area (Å²) in [6.45, 7) is 9.48. The summed E-state index contributed by atoms with van der Waals surface area (Å²) >= 11 is 0. The molecule has 1 aromatic heterocycles. The Morgan fingerprint density at radius 2 is 2.24 bits per heavy atom. The summed E-state index contributed by atoms with van der Waals surface area (Å²) in [7, 11) is 0. The third-order valence-corrected chi connectivity index (χ3v) is 2.74. The van der Waals surface area contributed by atoms with Crippen molar-refractivity contribution in [1.82, 2.24) is 15.5 Å². The van der Waals surface area contributed by atoms with Gasteiger partial charge in [0.2, 0.25) is 0 Å². The van der Waals surface area contributed by atoms with E-state index in [1.54, 1.807) is 6.07 Å². The molecule has 21 heavy (non-hydrogen) atoms. The summed E-state index contributed by atoms with van der Waals surface area (Å²) in [6.07, 6.45) is 1.50. The van der Waals surface area contributed by atoms with Crippen LogP contribution in [0.5, 0.6) is 0 Å². The molecule has 0 fully saturated rings. The van der Waals surface area contributed by atoms with Crippen LogP contribution in [0.25, 0.3) is 0 Å². The lowest BCUT2D eigenvalue weighted by Crippen LogP contribution is -2.44. The van der Waals surface area contributed by atoms with E-state index in [9.17, 15) is 9.59 Å². The molecule has 0 aliphatic rings. The normalized spacial score (nSPS) is 12.7. The first-order valence-corrected chi connectivity index (χ1v) is 6.54. The van der Waals surface area contributed by atoms with Crippen LogP contribution in [0, 0.1) is 0 Å².